The molecule has 0 radical (unpaired) electrons. The van der Waals surface area contributed by atoms with E-state index in [1.807, 2.05) is 0 Å². The molecule has 0 aliphatic carbocycles. The molecule has 0 fully saturated rings. The maximum Gasteiger partial charge on any atom is 0.416 e. The Bertz CT molecular complexity index is 691. The minimum Gasteiger partial charge on any atom is -0.464 e. The molecule has 0 saturated carbocycles. The molecule has 1 aromatic carbocycles. The fourth-order valence-corrected chi connectivity index (χ4v) is 2.05. The third-order valence-corrected chi connectivity index (χ3v) is 3.15. The lowest BCUT2D eigenvalue weighted by molar-refractivity contribution is -0.137. The van der Waals surface area contributed by atoms with Gasteiger partial charge in [-0.3, -0.25) is 4.68 Å². The Morgan fingerprint density at radius 1 is 1.32 bits per heavy atom. The minimum absolute atomic E-state index is 0.0773. The number of esters is 1. The average Bonchev–Trinajstić information content (AvgIpc) is 2.82. The molecule has 2 N–H and O–H groups in total. The molecule has 22 heavy (non-hydrogen) atoms. The molecule has 2 aromatic rings. The molecule has 1 aromatic heterocycles. The normalized spacial score (nSPS) is 11.5. The van der Waals surface area contributed by atoms with Gasteiger partial charge in [0.1, 0.15) is 5.69 Å². The third-order valence-electron chi connectivity index (χ3n) is 3.15. The monoisotopic (exact) mass is 313 g/mol. The van der Waals surface area contributed by atoms with Gasteiger partial charge in [-0.1, -0.05) is 12.1 Å². The Hall–Kier alpha value is -2.51. The van der Waals surface area contributed by atoms with E-state index in [1.165, 1.54) is 23.9 Å². The molecule has 5 nitrogen and oxygen atoms in total. The van der Waals surface area contributed by atoms with Crippen LogP contribution in [-0.2, 0) is 17.5 Å². The van der Waals surface area contributed by atoms with Crippen molar-refractivity contribution in [2.24, 2.45) is 0 Å². The van der Waals surface area contributed by atoms with Crippen molar-refractivity contribution in [2.45, 2.75) is 19.6 Å². The van der Waals surface area contributed by atoms with Crippen molar-refractivity contribution >= 4 is 11.7 Å². The van der Waals surface area contributed by atoms with Crippen LogP contribution >= 0.6 is 0 Å². The Labute approximate surface area is 124 Å². The number of methoxy groups -OCH3 is 1. The Balaban J connectivity index is 2.49. The molecule has 118 valence electrons. The van der Waals surface area contributed by atoms with E-state index in [9.17, 15) is 18.0 Å². The number of nitrogens with zero attached hydrogens (tertiary/aromatic N) is 2. The van der Waals surface area contributed by atoms with Crippen molar-refractivity contribution in [2.75, 3.05) is 12.8 Å². The molecule has 0 atom stereocenters. The van der Waals surface area contributed by atoms with Gasteiger partial charge in [-0.2, -0.15) is 18.3 Å². The number of hydrogen-bond acceptors (Lipinski definition) is 4. The standard InChI is InChI=1S/C14H14F3N3O2/c1-3-20-12(13(21)22-2)10(18)11(19-20)8-4-6-9(7-5-8)14(15,16)17/h4-7H,3,18H2,1-2H3. The van der Waals surface area contributed by atoms with E-state index in [4.69, 9.17) is 5.73 Å². The first-order valence-corrected chi connectivity index (χ1v) is 6.41. The van der Waals surface area contributed by atoms with Crippen molar-refractivity contribution in [3.8, 4) is 11.3 Å². The maximum atomic E-state index is 12.6. The number of carbonyl (C=O) groups excluding carboxylic acids is 1. The third kappa shape index (κ3) is 2.76. The van der Waals surface area contributed by atoms with Crippen LogP contribution in [0, 0.1) is 0 Å². The second-order valence-corrected chi connectivity index (χ2v) is 4.49. The summed E-state index contributed by atoms with van der Waals surface area (Å²) in [6.07, 6.45) is -4.41. The molecule has 0 aliphatic heterocycles. The fraction of sp³-hybridized carbons (Fsp3) is 0.286. The second kappa shape index (κ2) is 5.70. The lowest BCUT2D eigenvalue weighted by atomic mass is 10.1. The quantitative estimate of drug-likeness (QED) is 0.885. The van der Waals surface area contributed by atoms with E-state index in [1.54, 1.807) is 6.92 Å². The summed E-state index contributed by atoms with van der Waals surface area (Å²) in [5.74, 6) is -0.648. The predicted molar refractivity (Wildman–Crippen MR) is 74.1 cm³/mol. The molecule has 0 spiro atoms. The number of nitrogen functional groups attached to an aromatic ring is 1. The number of alkyl halides is 3. The highest BCUT2D eigenvalue weighted by Gasteiger charge is 2.30. The zero-order valence-corrected chi connectivity index (χ0v) is 11.9. The van der Waals surface area contributed by atoms with Crippen LogP contribution in [0.25, 0.3) is 11.3 Å². The van der Waals surface area contributed by atoms with Gasteiger partial charge in [-0.05, 0) is 19.1 Å². The van der Waals surface area contributed by atoms with Gasteiger partial charge in [0.05, 0.1) is 18.4 Å². The molecular formula is C14H14F3N3O2. The summed E-state index contributed by atoms with van der Waals surface area (Å²) < 4.78 is 43.7. The number of halogens is 3. The minimum atomic E-state index is -4.41. The van der Waals surface area contributed by atoms with Crippen molar-refractivity contribution in [3.05, 3.63) is 35.5 Å². The Morgan fingerprint density at radius 2 is 1.91 bits per heavy atom. The summed E-state index contributed by atoms with van der Waals surface area (Å²) in [7, 11) is 1.21. The van der Waals surface area contributed by atoms with E-state index in [2.05, 4.69) is 9.84 Å². The van der Waals surface area contributed by atoms with E-state index >= 15 is 0 Å². The molecule has 1 heterocycles. The van der Waals surface area contributed by atoms with Crippen molar-refractivity contribution in [1.82, 2.24) is 9.78 Å². The van der Waals surface area contributed by atoms with Crippen molar-refractivity contribution in [1.29, 1.82) is 0 Å². The van der Waals surface area contributed by atoms with E-state index in [0.717, 1.165) is 12.1 Å². The summed E-state index contributed by atoms with van der Waals surface area (Å²) in [5.41, 5.74) is 5.94. The van der Waals surface area contributed by atoms with Crippen LogP contribution in [0.5, 0.6) is 0 Å². The first kappa shape index (κ1) is 15.9. The molecule has 8 heteroatoms. The van der Waals surface area contributed by atoms with Gasteiger partial charge in [-0.25, -0.2) is 4.79 Å². The zero-order chi connectivity index (χ0) is 16.5. The van der Waals surface area contributed by atoms with Crippen LogP contribution in [0.1, 0.15) is 23.0 Å². The van der Waals surface area contributed by atoms with Crippen LogP contribution < -0.4 is 5.73 Å². The van der Waals surface area contributed by atoms with Gasteiger partial charge >= 0.3 is 12.1 Å². The van der Waals surface area contributed by atoms with E-state index < -0.39 is 17.7 Å². The van der Waals surface area contributed by atoms with Crippen molar-refractivity contribution < 1.29 is 22.7 Å². The summed E-state index contributed by atoms with van der Waals surface area (Å²) >= 11 is 0. The molecule has 0 amide bonds. The first-order chi connectivity index (χ1) is 10.3. The number of hydrogen-bond donors (Lipinski definition) is 1. The number of nitrogens with two attached hydrogens (primary N) is 1. The van der Waals surface area contributed by atoms with E-state index in [-0.39, 0.29) is 17.1 Å². The fourth-order valence-electron chi connectivity index (χ4n) is 2.05. The molecule has 0 unspecified atom stereocenters. The van der Waals surface area contributed by atoms with Gasteiger partial charge in [0.2, 0.25) is 0 Å². The number of benzene rings is 1. The molecule has 0 saturated heterocycles. The summed E-state index contributed by atoms with van der Waals surface area (Å²) in [6.45, 7) is 2.13. The molecule has 0 bridgehead atoms. The average molecular weight is 313 g/mol. The SMILES string of the molecule is CCn1nc(-c2ccc(C(F)(F)F)cc2)c(N)c1C(=O)OC. The number of rotatable bonds is 3. The second-order valence-electron chi connectivity index (χ2n) is 4.49. The lowest BCUT2D eigenvalue weighted by Crippen LogP contribution is -2.12. The number of ether oxygens (including phenoxy) is 1. The van der Waals surface area contributed by atoms with Crippen LogP contribution in [0.2, 0.25) is 0 Å². The molecule has 0 aliphatic rings. The molecular weight excluding hydrogens is 299 g/mol. The van der Waals surface area contributed by atoms with Gasteiger partial charge in [0, 0.05) is 12.1 Å². The largest absolute Gasteiger partial charge is 0.464 e. The lowest BCUT2D eigenvalue weighted by Gasteiger charge is -2.06. The van der Waals surface area contributed by atoms with Gasteiger partial charge in [0.25, 0.3) is 0 Å². The van der Waals surface area contributed by atoms with Crippen LogP contribution in [-0.4, -0.2) is 22.9 Å². The highest BCUT2D eigenvalue weighted by molar-refractivity contribution is 5.97. The van der Waals surface area contributed by atoms with Crippen LogP contribution in [0.4, 0.5) is 18.9 Å². The van der Waals surface area contributed by atoms with Crippen LogP contribution in [0.3, 0.4) is 0 Å². The first-order valence-electron chi connectivity index (χ1n) is 6.41. The highest BCUT2D eigenvalue weighted by atomic mass is 19.4. The zero-order valence-electron chi connectivity index (χ0n) is 11.9. The number of carbonyl (C=O) groups is 1. The van der Waals surface area contributed by atoms with Gasteiger partial charge in [0.15, 0.2) is 5.69 Å². The summed E-state index contributed by atoms with van der Waals surface area (Å²) in [4.78, 5) is 11.7. The maximum absolute atomic E-state index is 12.6. The number of aryl methyl sites for hydroxylation is 1. The Morgan fingerprint density at radius 3 is 2.36 bits per heavy atom. The van der Waals surface area contributed by atoms with Crippen LogP contribution in [0.15, 0.2) is 24.3 Å². The van der Waals surface area contributed by atoms with Crippen molar-refractivity contribution in [3.63, 3.8) is 0 Å². The van der Waals surface area contributed by atoms with Gasteiger partial charge in [-0.15, -0.1) is 0 Å². The smallest absolute Gasteiger partial charge is 0.416 e. The molecule has 2 rings (SSSR count). The highest BCUT2D eigenvalue weighted by Crippen LogP contribution is 2.33. The topological polar surface area (TPSA) is 70.1 Å². The van der Waals surface area contributed by atoms with Gasteiger partial charge < -0.3 is 10.5 Å². The Kier molecular flexibility index (Phi) is 4.11. The predicted octanol–water partition coefficient (Wildman–Crippen LogP) is 2.96. The van der Waals surface area contributed by atoms with E-state index in [0.29, 0.717) is 12.1 Å². The number of aromatic nitrogens is 2. The summed E-state index contributed by atoms with van der Waals surface area (Å²) in [5, 5.41) is 4.17. The summed E-state index contributed by atoms with van der Waals surface area (Å²) in [6, 6.07) is 4.42. The number of anilines is 1.